The van der Waals surface area contributed by atoms with E-state index in [4.69, 9.17) is 9.39 Å². The van der Waals surface area contributed by atoms with Crippen LogP contribution in [-0.4, -0.2) is 68.6 Å². The van der Waals surface area contributed by atoms with Crippen molar-refractivity contribution in [3.05, 3.63) is 0 Å². The number of aliphatic hydroxyl groups excluding tert-OH is 1. The third-order valence-corrected chi connectivity index (χ3v) is 3.77. The first-order chi connectivity index (χ1) is 7.57. The van der Waals surface area contributed by atoms with Crippen LogP contribution < -0.4 is 0 Å². The lowest BCUT2D eigenvalue weighted by Gasteiger charge is -2.32. The first-order valence-electron chi connectivity index (χ1n) is 5.58. The van der Waals surface area contributed by atoms with Gasteiger partial charge in [-0.3, -0.25) is 4.90 Å². The van der Waals surface area contributed by atoms with Gasteiger partial charge in [-0.25, -0.2) is 0 Å². The topological polar surface area (TPSA) is 70.1 Å². The highest BCUT2D eigenvalue weighted by Crippen LogP contribution is 2.06. The van der Waals surface area contributed by atoms with Gasteiger partial charge in [0.05, 0.1) is 12.4 Å². The molecule has 0 amide bonds. The zero-order chi connectivity index (χ0) is 12.0. The Labute approximate surface area is 96.9 Å². The lowest BCUT2D eigenvalue weighted by molar-refractivity contribution is -0.0838. The molecule has 1 heterocycles. The standard InChI is InChI=1S/C9H20N2O4S/c1-2-9-16(13,14)15-11-5-3-10(4-6-11)7-8-12/h12H,2-9H2,1H3. The van der Waals surface area contributed by atoms with Gasteiger partial charge in [-0.15, -0.1) is 0 Å². The Morgan fingerprint density at radius 3 is 2.38 bits per heavy atom. The van der Waals surface area contributed by atoms with Gasteiger partial charge in [0.1, 0.15) is 0 Å². The van der Waals surface area contributed by atoms with E-state index >= 15 is 0 Å². The highest BCUT2D eigenvalue weighted by Gasteiger charge is 2.21. The maximum absolute atomic E-state index is 11.4. The van der Waals surface area contributed by atoms with Crippen molar-refractivity contribution in [3.63, 3.8) is 0 Å². The molecule has 0 aromatic rings. The minimum atomic E-state index is -3.40. The Morgan fingerprint density at radius 2 is 1.88 bits per heavy atom. The summed E-state index contributed by atoms with van der Waals surface area (Å²) in [7, 11) is -3.40. The van der Waals surface area contributed by atoms with Crippen molar-refractivity contribution in [1.29, 1.82) is 0 Å². The number of piperazine rings is 1. The van der Waals surface area contributed by atoms with Gasteiger partial charge in [-0.05, 0) is 6.42 Å². The van der Waals surface area contributed by atoms with E-state index < -0.39 is 10.1 Å². The van der Waals surface area contributed by atoms with E-state index in [0.29, 0.717) is 26.1 Å². The molecule has 0 radical (unpaired) electrons. The molecule has 0 unspecified atom stereocenters. The number of hydroxylamine groups is 2. The number of rotatable bonds is 6. The van der Waals surface area contributed by atoms with Crippen molar-refractivity contribution in [2.24, 2.45) is 0 Å². The van der Waals surface area contributed by atoms with E-state index in [-0.39, 0.29) is 12.4 Å². The van der Waals surface area contributed by atoms with Crippen LogP contribution in [0.2, 0.25) is 0 Å². The molecule has 6 nitrogen and oxygen atoms in total. The van der Waals surface area contributed by atoms with Gasteiger partial charge in [0.2, 0.25) is 0 Å². The van der Waals surface area contributed by atoms with Gasteiger partial charge in [0.25, 0.3) is 10.1 Å². The Morgan fingerprint density at radius 1 is 1.25 bits per heavy atom. The van der Waals surface area contributed by atoms with E-state index in [9.17, 15) is 8.42 Å². The molecule has 16 heavy (non-hydrogen) atoms. The number of hydrogen-bond acceptors (Lipinski definition) is 6. The third-order valence-electron chi connectivity index (χ3n) is 2.42. The predicted octanol–water partition coefficient (Wildman–Crippen LogP) is -0.732. The first kappa shape index (κ1) is 13.9. The Bertz CT molecular complexity index is 286. The lowest BCUT2D eigenvalue weighted by atomic mass is 10.3. The van der Waals surface area contributed by atoms with Gasteiger partial charge in [-0.1, -0.05) is 6.92 Å². The molecule has 96 valence electrons. The monoisotopic (exact) mass is 252 g/mol. The average Bonchev–Trinajstić information content (AvgIpc) is 2.21. The summed E-state index contributed by atoms with van der Waals surface area (Å²) in [4.78, 5) is 2.08. The number of hydrogen-bond donors (Lipinski definition) is 1. The summed E-state index contributed by atoms with van der Waals surface area (Å²) in [6.45, 7) is 5.14. The molecule has 0 bridgehead atoms. The van der Waals surface area contributed by atoms with Gasteiger partial charge < -0.3 is 5.11 Å². The number of nitrogens with zero attached hydrogens (tertiary/aromatic N) is 2. The van der Waals surface area contributed by atoms with E-state index in [0.717, 1.165) is 13.1 Å². The van der Waals surface area contributed by atoms with E-state index in [1.54, 1.807) is 6.92 Å². The minimum absolute atomic E-state index is 0.0594. The zero-order valence-electron chi connectivity index (χ0n) is 9.63. The Hall–Kier alpha value is -0.210. The summed E-state index contributed by atoms with van der Waals surface area (Å²) >= 11 is 0. The van der Waals surface area contributed by atoms with Crippen LogP contribution >= 0.6 is 0 Å². The molecule has 1 N–H and O–H groups in total. The molecule has 1 fully saturated rings. The van der Waals surface area contributed by atoms with Gasteiger partial charge in [0.15, 0.2) is 0 Å². The second kappa shape index (κ2) is 6.51. The maximum atomic E-state index is 11.4. The van der Waals surface area contributed by atoms with E-state index in [1.807, 2.05) is 0 Å². The molecule has 0 aliphatic carbocycles. The predicted molar refractivity (Wildman–Crippen MR) is 60.3 cm³/mol. The minimum Gasteiger partial charge on any atom is -0.395 e. The largest absolute Gasteiger partial charge is 0.395 e. The Kier molecular flexibility index (Phi) is 5.63. The van der Waals surface area contributed by atoms with Crippen LogP contribution in [0.5, 0.6) is 0 Å². The fraction of sp³-hybridized carbons (Fsp3) is 1.00. The summed E-state index contributed by atoms with van der Waals surface area (Å²) in [5.74, 6) is 0.0594. The summed E-state index contributed by atoms with van der Waals surface area (Å²) in [6.07, 6.45) is 0.562. The summed E-state index contributed by atoms with van der Waals surface area (Å²) in [5, 5.41) is 10.2. The molecular formula is C9H20N2O4S. The van der Waals surface area contributed by atoms with Crippen molar-refractivity contribution < 1.29 is 17.8 Å². The summed E-state index contributed by atoms with van der Waals surface area (Å²) in [6, 6.07) is 0. The molecule has 0 saturated carbocycles. The molecule has 1 aliphatic rings. The van der Waals surface area contributed by atoms with Gasteiger partial charge >= 0.3 is 0 Å². The highest BCUT2D eigenvalue weighted by atomic mass is 32.2. The quantitative estimate of drug-likeness (QED) is 0.672. The average molecular weight is 252 g/mol. The first-order valence-corrected chi connectivity index (χ1v) is 7.15. The van der Waals surface area contributed by atoms with Gasteiger partial charge in [0, 0.05) is 32.7 Å². The van der Waals surface area contributed by atoms with Gasteiger partial charge in [-0.2, -0.15) is 17.8 Å². The van der Waals surface area contributed by atoms with Crippen LogP contribution in [0.15, 0.2) is 0 Å². The van der Waals surface area contributed by atoms with Crippen molar-refractivity contribution in [2.45, 2.75) is 13.3 Å². The zero-order valence-corrected chi connectivity index (χ0v) is 10.4. The smallest absolute Gasteiger partial charge is 0.283 e. The molecule has 1 saturated heterocycles. The molecular weight excluding hydrogens is 232 g/mol. The van der Waals surface area contributed by atoms with Crippen molar-refractivity contribution in [2.75, 3.05) is 45.1 Å². The van der Waals surface area contributed by atoms with Crippen LogP contribution in [0.1, 0.15) is 13.3 Å². The fourth-order valence-electron chi connectivity index (χ4n) is 1.62. The molecule has 0 aromatic carbocycles. The van der Waals surface area contributed by atoms with Crippen LogP contribution in [0, 0.1) is 0 Å². The summed E-state index contributed by atoms with van der Waals surface area (Å²) in [5.41, 5.74) is 0. The van der Waals surface area contributed by atoms with E-state index in [1.165, 1.54) is 5.06 Å². The lowest BCUT2D eigenvalue weighted by Crippen LogP contribution is -2.47. The second-order valence-electron chi connectivity index (χ2n) is 3.83. The third kappa shape index (κ3) is 4.75. The summed E-state index contributed by atoms with van der Waals surface area (Å²) < 4.78 is 27.7. The molecule has 0 atom stereocenters. The molecule has 1 rings (SSSR count). The van der Waals surface area contributed by atoms with Crippen LogP contribution in [-0.2, 0) is 14.4 Å². The number of aliphatic hydroxyl groups is 1. The molecule has 0 aromatic heterocycles. The van der Waals surface area contributed by atoms with Crippen molar-refractivity contribution in [1.82, 2.24) is 9.96 Å². The van der Waals surface area contributed by atoms with Crippen LogP contribution in [0.25, 0.3) is 0 Å². The highest BCUT2D eigenvalue weighted by molar-refractivity contribution is 7.86. The molecule has 1 aliphatic heterocycles. The molecule has 7 heteroatoms. The number of β-amino-alcohol motifs (C(OH)–C–C–N with tert-alkyl or cyclic N) is 1. The van der Waals surface area contributed by atoms with Crippen LogP contribution in [0.4, 0.5) is 0 Å². The molecule has 0 spiro atoms. The Balaban J connectivity index is 2.32. The van der Waals surface area contributed by atoms with Crippen molar-refractivity contribution in [3.8, 4) is 0 Å². The SMILES string of the molecule is CCCS(=O)(=O)ON1CCN(CCO)CC1. The normalized spacial score (nSPS) is 20.1. The second-order valence-corrected chi connectivity index (χ2v) is 5.50. The van der Waals surface area contributed by atoms with E-state index in [2.05, 4.69) is 4.90 Å². The van der Waals surface area contributed by atoms with Crippen LogP contribution in [0.3, 0.4) is 0 Å². The fourth-order valence-corrected chi connectivity index (χ4v) is 2.66. The maximum Gasteiger partial charge on any atom is 0.283 e. The van der Waals surface area contributed by atoms with Crippen molar-refractivity contribution >= 4 is 10.1 Å².